The molecule has 1 aromatic carbocycles. The molecule has 96 valence electrons. The van der Waals surface area contributed by atoms with Crippen molar-refractivity contribution in [3.63, 3.8) is 0 Å². The predicted octanol–water partition coefficient (Wildman–Crippen LogP) is 1.85. The fourth-order valence-corrected chi connectivity index (χ4v) is 2.36. The van der Waals surface area contributed by atoms with E-state index in [2.05, 4.69) is 0 Å². The normalized spacial score (nSPS) is 17.4. The predicted molar refractivity (Wildman–Crippen MR) is 63.5 cm³/mol. The highest BCUT2D eigenvalue weighted by atomic mass is 16.5. The molecule has 1 aliphatic rings. The van der Waals surface area contributed by atoms with Gasteiger partial charge in [-0.3, -0.25) is 9.59 Å². The second-order valence-corrected chi connectivity index (χ2v) is 4.21. The average Bonchev–Trinajstić information content (AvgIpc) is 2.64. The minimum Gasteiger partial charge on any atom is -0.497 e. The highest BCUT2D eigenvalue weighted by Gasteiger charge is 2.34. The standard InChI is InChI=1S/C13H14O5/c1-17-8-5-9-10(14)3-7(4-12(15)16)13(9)11(6-8)18-2/h5-7H,3-4H2,1-2H3,(H,15,16). The Balaban J connectivity index is 2.51. The lowest BCUT2D eigenvalue weighted by Crippen LogP contribution is -2.05. The van der Waals surface area contributed by atoms with Gasteiger partial charge in [-0.25, -0.2) is 0 Å². The molecule has 0 fully saturated rings. The Morgan fingerprint density at radius 1 is 1.39 bits per heavy atom. The summed E-state index contributed by atoms with van der Waals surface area (Å²) in [5.74, 6) is -0.241. The van der Waals surface area contributed by atoms with E-state index in [9.17, 15) is 9.59 Å². The van der Waals surface area contributed by atoms with E-state index in [1.807, 2.05) is 0 Å². The summed E-state index contributed by atoms with van der Waals surface area (Å²) in [4.78, 5) is 22.7. The summed E-state index contributed by atoms with van der Waals surface area (Å²) in [5.41, 5.74) is 1.20. The zero-order valence-corrected chi connectivity index (χ0v) is 10.2. The lowest BCUT2D eigenvalue weighted by molar-refractivity contribution is -0.137. The van der Waals surface area contributed by atoms with E-state index in [1.165, 1.54) is 14.2 Å². The third-order valence-corrected chi connectivity index (χ3v) is 3.13. The Labute approximate surface area is 104 Å². The number of aliphatic carboxylic acids is 1. The number of carboxylic acids is 1. The van der Waals surface area contributed by atoms with Gasteiger partial charge < -0.3 is 14.6 Å². The molecule has 0 saturated heterocycles. The molecule has 1 aromatic rings. The second-order valence-electron chi connectivity index (χ2n) is 4.21. The van der Waals surface area contributed by atoms with Crippen molar-refractivity contribution in [1.82, 2.24) is 0 Å². The molecule has 1 atom stereocenters. The third-order valence-electron chi connectivity index (χ3n) is 3.13. The molecule has 0 radical (unpaired) electrons. The first-order chi connectivity index (χ1) is 8.56. The SMILES string of the molecule is COc1cc(OC)c2c(c1)C(=O)CC2CC(=O)O. The number of ether oxygens (including phenoxy) is 2. The van der Waals surface area contributed by atoms with Crippen molar-refractivity contribution in [1.29, 1.82) is 0 Å². The van der Waals surface area contributed by atoms with Crippen LogP contribution >= 0.6 is 0 Å². The first kappa shape index (κ1) is 12.4. The minimum absolute atomic E-state index is 0.0616. The van der Waals surface area contributed by atoms with Crippen LogP contribution in [0.3, 0.4) is 0 Å². The zero-order valence-electron chi connectivity index (χ0n) is 10.2. The van der Waals surface area contributed by atoms with E-state index >= 15 is 0 Å². The monoisotopic (exact) mass is 250 g/mol. The van der Waals surface area contributed by atoms with Crippen molar-refractivity contribution >= 4 is 11.8 Å². The molecule has 0 amide bonds. The molecule has 0 aromatic heterocycles. The Morgan fingerprint density at radius 2 is 2.11 bits per heavy atom. The lowest BCUT2D eigenvalue weighted by atomic mass is 9.97. The van der Waals surface area contributed by atoms with Gasteiger partial charge in [0, 0.05) is 29.5 Å². The van der Waals surface area contributed by atoms with Crippen LogP contribution in [-0.4, -0.2) is 31.1 Å². The van der Waals surface area contributed by atoms with Gasteiger partial charge in [0.15, 0.2) is 5.78 Å². The Kier molecular flexibility index (Phi) is 3.23. The van der Waals surface area contributed by atoms with Crippen molar-refractivity contribution < 1.29 is 24.2 Å². The lowest BCUT2D eigenvalue weighted by Gasteiger charge is -2.13. The van der Waals surface area contributed by atoms with Crippen LogP contribution in [0, 0.1) is 0 Å². The molecular formula is C13H14O5. The minimum atomic E-state index is -0.918. The molecule has 18 heavy (non-hydrogen) atoms. The van der Waals surface area contributed by atoms with Crippen LogP contribution < -0.4 is 9.47 Å². The summed E-state index contributed by atoms with van der Waals surface area (Å²) in [6.45, 7) is 0. The summed E-state index contributed by atoms with van der Waals surface area (Å²) in [7, 11) is 3.00. The number of benzene rings is 1. The summed E-state index contributed by atoms with van der Waals surface area (Å²) < 4.78 is 10.3. The van der Waals surface area contributed by atoms with Gasteiger partial charge in [0.2, 0.25) is 0 Å². The van der Waals surface area contributed by atoms with E-state index in [-0.39, 0.29) is 24.5 Å². The third kappa shape index (κ3) is 2.03. The summed E-state index contributed by atoms with van der Waals surface area (Å²) in [6.07, 6.45) is 0.145. The highest BCUT2D eigenvalue weighted by Crippen LogP contribution is 2.43. The molecule has 5 nitrogen and oxygen atoms in total. The van der Waals surface area contributed by atoms with E-state index in [0.29, 0.717) is 22.6 Å². The average molecular weight is 250 g/mol. The first-order valence-electron chi connectivity index (χ1n) is 5.57. The largest absolute Gasteiger partial charge is 0.497 e. The van der Waals surface area contributed by atoms with Gasteiger partial charge in [-0.1, -0.05) is 0 Å². The smallest absolute Gasteiger partial charge is 0.303 e. The number of rotatable bonds is 4. The van der Waals surface area contributed by atoms with Gasteiger partial charge >= 0.3 is 5.97 Å². The maximum absolute atomic E-state index is 11.9. The number of fused-ring (bicyclic) bond motifs is 1. The molecular weight excluding hydrogens is 236 g/mol. The van der Waals surface area contributed by atoms with Gasteiger partial charge in [0.1, 0.15) is 11.5 Å². The topological polar surface area (TPSA) is 72.8 Å². The van der Waals surface area contributed by atoms with Gasteiger partial charge in [0.25, 0.3) is 0 Å². The van der Waals surface area contributed by atoms with E-state index in [1.54, 1.807) is 12.1 Å². The number of hydrogen-bond donors (Lipinski definition) is 1. The van der Waals surface area contributed by atoms with Gasteiger partial charge in [-0.05, 0) is 6.07 Å². The Morgan fingerprint density at radius 3 is 2.67 bits per heavy atom. The number of Topliss-reactive ketones (excluding diaryl/α,β-unsaturated/α-hetero) is 1. The van der Waals surface area contributed by atoms with Crippen LogP contribution in [-0.2, 0) is 4.79 Å². The molecule has 2 rings (SSSR count). The molecule has 1 N–H and O–H groups in total. The number of ketones is 1. The maximum Gasteiger partial charge on any atom is 0.303 e. The van der Waals surface area contributed by atoms with Gasteiger partial charge in [0.05, 0.1) is 20.6 Å². The fourth-order valence-electron chi connectivity index (χ4n) is 2.36. The summed E-state index contributed by atoms with van der Waals surface area (Å²) in [6, 6.07) is 3.31. The Hall–Kier alpha value is -2.04. The van der Waals surface area contributed by atoms with Crippen LogP contribution in [0.25, 0.3) is 0 Å². The van der Waals surface area contributed by atoms with E-state index < -0.39 is 5.97 Å². The van der Waals surface area contributed by atoms with Crippen LogP contribution in [0.2, 0.25) is 0 Å². The van der Waals surface area contributed by atoms with Crippen molar-refractivity contribution in [2.24, 2.45) is 0 Å². The second kappa shape index (κ2) is 4.68. The van der Waals surface area contributed by atoms with Gasteiger partial charge in [-0.2, -0.15) is 0 Å². The van der Waals surface area contributed by atoms with Crippen LogP contribution in [0.5, 0.6) is 11.5 Å². The van der Waals surface area contributed by atoms with Crippen molar-refractivity contribution in [2.75, 3.05) is 14.2 Å². The zero-order chi connectivity index (χ0) is 13.3. The first-order valence-corrected chi connectivity index (χ1v) is 5.57. The molecule has 0 aliphatic heterocycles. The molecule has 1 aliphatic carbocycles. The number of carbonyl (C=O) groups is 2. The molecule has 0 heterocycles. The summed E-state index contributed by atoms with van der Waals surface area (Å²) >= 11 is 0. The van der Waals surface area contributed by atoms with Crippen molar-refractivity contribution in [2.45, 2.75) is 18.8 Å². The van der Waals surface area contributed by atoms with E-state index in [0.717, 1.165) is 0 Å². The molecule has 0 saturated carbocycles. The van der Waals surface area contributed by atoms with Gasteiger partial charge in [-0.15, -0.1) is 0 Å². The summed E-state index contributed by atoms with van der Waals surface area (Å²) in [5, 5.41) is 8.87. The Bertz CT molecular complexity index is 506. The molecule has 5 heteroatoms. The fraction of sp³-hybridized carbons (Fsp3) is 0.385. The number of methoxy groups -OCH3 is 2. The number of carboxylic acid groups (broad SMARTS) is 1. The maximum atomic E-state index is 11.9. The van der Waals surface area contributed by atoms with Crippen molar-refractivity contribution in [3.8, 4) is 11.5 Å². The highest BCUT2D eigenvalue weighted by molar-refractivity contribution is 6.03. The molecule has 1 unspecified atom stereocenters. The van der Waals surface area contributed by atoms with E-state index in [4.69, 9.17) is 14.6 Å². The van der Waals surface area contributed by atoms with Crippen LogP contribution in [0.4, 0.5) is 0 Å². The number of hydrogen-bond acceptors (Lipinski definition) is 4. The number of carbonyl (C=O) groups excluding carboxylic acids is 1. The van der Waals surface area contributed by atoms with Crippen LogP contribution in [0.1, 0.15) is 34.7 Å². The molecule has 0 bridgehead atoms. The quantitative estimate of drug-likeness (QED) is 0.882. The molecule has 0 spiro atoms. The van der Waals surface area contributed by atoms with Crippen LogP contribution in [0.15, 0.2) is 12.1 Å². The van der Waals surface area contributed by atoms with Crippen molar-refractivity contribution in [3.05, 3.63) is 23.3 Å².